The van der Waals surface area contributed by atoms with E-state index in [1.165, 1.54) is 13.2 Å². The van der Waals surface area contributed by atoms with Crippen LogP contribution in [0.25, 0.3) is 0 Å². The smallest absolute Gasteiger partial charge is 0.159 e. The summed E-state index contributed by atoms with van der Waals surface area (Å²) in [6, 6.07) is 6.40. The van der Waals surface area contributed by atoms with E-state index < -0.39 is 17.7 Å². The zero-order chi connectivity index (χ0) is 13.8. The fourth-order valence-corrected chi connectivity index (χ4v) is 1.82. The minimum atomic E-state index is -0.937. The predicted molar refractivity (Wildman–Crippen MR) is 66.3 cm³/mol. The second kappa shape index (κ2) is 5.73. The molecular weight excluding hydrogens is 252 g/mol. The van der Waals surface area contributed by atoms with Crippen molar-refractivity contribution in [2.45, 2.75) is 6.04 Å². The summed E-state index contributed by atoms with van der Waals surface area (Å²) in [6.07, 6.45) is 1.57. The number of rotatable bonds is 4. The molecule has 2 rings (SSSR count). The van der Waals surface area contributed by atoms with Crippen LogP contribution in [-0.4, -0.2) is 12.1 Å². The molecule has 2 aromatic rings. The van der Waals surface area contributed by atoms with E-state index in [4.69, 9.17) is 10.6 Å². The van der Waals surface area contributed by atoms with Gasteiger partial charge in [-0.1, -0.05) is 6.07 Å². The number of hydrazine groups is 1. The van der Waals surface area contributed by atoms with Gasteiger partial charge >= 0.3 is 0 Å². The van der Waals surface area contributed by atoms with Crippen molar-refractivity contribution in [3.8, 4) is 5.75 Å². The van der Waals surface area contributed by atoms with E-state index in [1.54, 1.807) is 18.3 Å². The molecule has 19 heavy (non-hydrogen) atoms. The molecule has 0 aliphatic rings. The lowest BCUT2D eigenvalue weighted by Crippen LogP contribution is -2.30. The van der Waals surface area contributed by atoms with Crippen LogP contribution in [0.4, 0.5) is 8.78 Å². The molecule has 1 atom stereocenters. The van der Waals surface area contributed by atoms with Crippen molar-refractivity contribution in [3.63, 3.8) is 0 Å². The lowest BCUT2D eigenvalue weighted by molar-refractivity contribution is 0.400. The molecule has 0 aliphatic carbocycles. The van der Waals surface area contributed by atoms with Crippen LogP contribution < -0.4 is 16.0 Å². The fourth-order valence-electron chi connectivity index (χ4n) is 1.82. The van der Waals surface area contributed by atoms with E-state index in [-0.39, 0.29) is 0 Å². The Morgan fingerprint density at radius 3 is 2.68 bits per heavy atom. The van der Waals surface area contributed by atoms with E-state index in [9.17, 15) is 8.78 Å². The van der Waals surface area contributed by atoms with Gasteiger partial charge in [0.05, 0.1) is 13.2 Å². The van der Waals surface area contributed by atoms with Crippen LogP contribution in [0, 0.1) is 11.6 Å². The lowest BCUT2D eigenvalue weighted by Gasteiger charge is -2.18. The summed E-state index contributed by atoms with van der Waals surface area (Å²) in [7, 11) is 1.50. The van der Waals surface area contributed by atoms with Crippen molar-refractivity contribution in [3.05, 3.63) is 59.4 Å². The van der Waals surface area contributed by atoms with E-state index in [0.717, 1.165) is 12.1 Å². The molecule has 1 aromatic carbocycles. The molecule has 0 amide bonds. The van der Waals surface area contributed by atoms with Gasteiger partial charge in [-0.2, -0.15) is 0 Å². The number of benzene rings is 1. The Kier molecular flexibility index (Phi) is 4.03. The summed E-state index contributed by atoms with van der Waals surface area (Å²) in [5.41, 5.74) is 3.48. The van der Waals surface area contributed by atoms with Crippen LogP contribution >= 0.6 is 0 Å². The van der Waals surface area contributed by atoms with E-state index in [0.29, 0.717) is 17.0 Å². The number of nitrogens with one attached hydrogen (secondary N) is 1. The van der Waals surface area contributed by atoms with Gasteiger partial charge in [0.25, 0.3) is 0 Å². The number of halogens is 2. The fraction of sp³-hybridized carbons (Fsp3) is 0.154. The first-order valence-corrected chi connectivity index (χ1v) is 5.57. The number of nitrogens with zero attached hydrogens (tertiary/aromatic N) is 1. The zero-order valence-electron chi connectivity index (χ0n) is 10.2. The monoisotopic (exact) mass is 265 g/mol. The molecule has 3 N–H and O–H groups in total. The largest absolute Gasteiger partial charge is 0.495 e. The maximum Gasteiger partial charge on any atom is 0.159 e. The number of methoxy groups -OCH3 is 1. The number of aromatic nitrogens is 1. The molecular formula is C13H13F2N3O. The van der Waals surface area contributed by atoms with Gasteiger partial charge < -0.3 is 4.74 Å². The summed E-state index contributed by atoms with van der Waals surface area (Å²) in [5, 5.41) is 0. The van der Waals surface area contributed by atoms with Crippen LogP contribution in [0.1, 0.15) is 17.3 Å². The maximum absolute atomic E-state index is 13.3. The number of ether oxygens (including phenoxy) is 1. The molecule has 0 saturated heterocycles. The molecule has 0 fully saturated rings. The van der Waals surface area contributed by atoms with Gasteiger partial charge in [-0.3, -0.25) is 10.8 Å². The molecule has 0 radical (unpaired) electrons. The Hall–Kier alpha value is -2.05. The van der Waals surface area contributed by atoms with Gasteiger partial charge in [0.15, 0.2) is 11.6 Å². The normalized spacial score (nSPS) is 12.2. The number of hydrogen-bond donors (Lipinski definition) is 2. The third-order valence-electron chi connectivity index (χ3n) is 2.74. The average molecular weight is 265 g/mol. The number of nitrogens with two attached hydrogens (primary N) is 1. The number of pyridine rings is 1. The van der Waals surface area contributed by atoms with Crippen LogP contribution in [0.15, 0.2) is 36.5 Å². The van der Waals surface area contributed by atoms with Crippen molar-refractivity contribution in [1.82, 2.24) is 10.4 Å². The Morgan fingerprint density at radius 1 is 1.26 bits per heavy atom. The third-order valence-corrected chi connectivity index (χ3v) is 2.74. The lowest BCUT2D eigenvalue weighted by atomic mass is 10.0. The molecule has 6 heteroatoms. The predicted octanol–water partition coefficient (Wildman–Crippen LogP) is 1.92. The first-order chi connectivity index (χ1) is 9.17. The highest BCUT2D eigenvalue weighted by atomic mass is 19.2. The molecule has 0 spiro atoms. The maximum atomic E-state index is 13.3. The summed E-state index contributed by atoms with van der Waals surface area (Å²) in [5.74, 6) is 4.15. The average Bonchev–Trinajstić information content (AvgIpc) is 2.44. The SMILES string of the molecule is COc1cccnc1C(NN)c1ccc(F)c(F)c1. The van der Waals surface area contributed by atoms with Crippen molar-refractivity contribution >= 4 is 0 Å². The van der Waals surface area contributed by atoms with Gasteiger partial charge in [-0.15, -0.1) is 0 Å². The zero-order valence-corrected chi connectivity index (χ0v) is 10.2. The molecule has 0 bridgehead atoms. The minimum Gasteiger partial charge on any atom is -0.495 e. The van der Waals surface area contributed by atoms with Crippen LogP contribution in [0.3, 0.4) is 0 Å². The molecule has 0 saturated carbocycles. The summed E-state index contributed by atoms with van der Waals surface area (Å²) in [4.78, 5) is 4.17. The first-order valence-electron chi connectivity index (χ1n) is 5.57. The van der Waals surface area contributed by atoms with E-state index in [2.05, 4.69) is 10.4 Å². The van der Waals surface area contributed by atoms with Gasteiger partial charge in [0, 0.05) is 6.20 Å². The highest BCUT2D eigenvalue weighted by Crippen LogP contribution is 2.27. The van der Waals surface area contributed by atoms with Crippen molar-refractivity contribution in [2.75, 3.05) is 7.11 Å². The third kappa shape index (κ3) is 2.69. The molecule has 4 nitrogen and oxygen atoms in total. The quantitative estimate of drug-likeness (QED) is 0.655. The van der Waals surface area contributed by atoms with E-state index in [1.807, 2.05) is 0 Å². The van der Waals surface area contributed by atoms with Gasteiger partial charge in [0.1, 0.15) is 11.4 Å². The highest BCUT2D eigenvalue weighted by Gasteiger charge is 2.19. The summed E-state index contributed by atoms with van der Waals surface area (Å²) in [6.45, 7) is 0. The Balaban J connectivity index is 2.46. The van der Waals surface area contributed by atoms with E-state index >= 15 is 0 Å². The van der Waals surface area contributed by atoms with Crippen LogP contribution in [0.5, 0.6) is 5.75 Å². The van der Waals surface area contributed by atoms with Crippen LogP contribution in [-0.2, 0) is 0 Å². The first kappa shape index (κ1) is 13.4. The van der Waals surface area contributed by atoms with Gasteiger partial charge in [-0.05, 0) is 29.8 Å². The molecule has 1 heterocycles. The minimum absolute atomic E-state index is 0.457. The van der Waals surface area contributed by atoms with Crippen molar-refractivity contribution in [1.29, 1.82) is 0 Å². The Labute approximate surface area is 109 Å². The Bertz CT molecular complexity index is 578. The van der Waals surface area contributed by atoms with Gasteiger partial charge in [-0.25, -0.2) is 14.2 Å². The number of hydrogen-bond acceptors (Lipinski definition) is 4. The van der Waals surface area contributed by atoms with Crippen LogP contribution in [0.2, 0.25) is 0 Å². The summed E-state index contributed by atoms with van der Waals surface area (Å²) >= 11 is 0. The molecule has 1 aromatic heterocycles. The molecule has 0 aliphatic heterocycles. The van der Waals surface area contributed by atoms with Gasteiger partial charge in [0.2, 0.25) is 0 Å². The standard InChI is InChI=1S/C13H13F2N3O/c1-19-11-3-2-6-17-13(11)12(18-16)8-4-5-9(14)10(15)7-8/h2-7,12,18H,16H2,1H3. The topological polar surface area (TPSA) is 60.2 Å². The molecule has 100 valence electrons. The Morgan fingerprint density at radius 2 is 2.05 bits per heavy atom. The summed E-state index contributed by atoms with van der Waals surface area (Å²) < 4.78 is 31.4. The van der Waals surface area contributed by atoms with Crippen molar-refractivity contribution in [2.24, 2.45) is 5.84 Å². The highest BCUT2D eigenvalue weighted by molar-refractivity contribution is 5.36. The second-order valence-corrected chi connectivity index (χ2v) is 3.86. The second-order valence-electron chi connectivity index (χ2n) is 3.86. The molecule has 1 unspecified atom stereocenters. The van der Waals surface area contributed by atoms with Crippen molar-refractivity contribution < 1.29 is 13.5 Å².